The molecule has 2 saturated carbocycles. The van der Waals surface area contributed by atoms with Crippen LogP contribution in [0.15, 0.2) is 122 Å². The van der Waals surface area contributed by atoms with E-state index in [0.717, 1.165) is 105 Å². The molecule has 0 bridgehead atoms. The first kappa shape index (κ1) is 83.0. The quantitative estimate of drug-likeness (QED) is 0.0364. The summed E-state index contributed by atoms with van der Waals surface area (Å²) in [5.74, 6) is 3.66. The SMILES string of the molecule is CCCCN(C)Cc1cn(C2CCC2)nc1-c1ccc(OC(C)C)cc1.CCCCN(C)Cc1cn(CCOC)nc1-c1ccc(OC(C)C)cc1.CCCCN(C)Cc1cnn(C2CCCC2)c1-c1ccc(OC(C)C)cc1.CCCCN(C)Cc1cnn(CC)c1-c1ccc(OC(C)C)cc1. The number of ether oxygens (including phenoxy) is 5. The predicted molar refractivity (Wildman–Crippen MR) is 427 cm³/mol. The molecular weight excluding hydrogens is 1280 g/mol. The zero-order chi connectivity index (χ0) is 74.2. The topological polar surface area (TPSA) is 130 Å². The first-order valence-electron chi connectivity index (χ1n) is 39.3. The summed E-state index contributed by atoms with van der Waals surface area (Å²) in [5.41, 5.74) is 14.6. The summed E-state index contributed by atoms with van der Waals surface area (Å²) in [6, 6.07) is 34.7. The Morgan fingerprint density at radius 1 is 0.417 bits per heavy atom. The molecule has 17 heteroatoms. The number of unbranched alkanes of at least 4 members (excludes halogenated alkanes) is 4. The Balaban J connectivity index is 0.000000192. The van der Waals surface area contributed by atoms with Crippen molar-refractivity contribution in [1.29, 1.82) is 0 Å². The van der Waals surface area contributed by atoms with E-state index in [2.05, 4.69) is 221 Å². The summed E-state index contributed by atoms with van der Waals surface area (Å²) in [7, 11) is 10.5. The monoisotopic (exact) mass is 1410 g/mol. The first-order valence-corrected chi connectivity index (χ1v) is 39.3. The lowest BCUT2D eigenvalue weighted by Gasteiger charge is -2.25. The van der Waals surface area contributed by atoms with Gasteiger partial charge in [0.1, 0.15) is 23.0 Å². The second kappa shape index (κ2) is 43.9. The fraction of sp³-hybridized carbons (Fsp3) is 0.581. The van der Waals surface area contributed by atoms with Gasteiger partial charge in [-0.2, -0.15) is 20.4 Å². The molecule has 0 unspecified atom stereocenters. The van der Waals surface area contributed by atoms with Gasteiger partial charge >= 0.3 is 0 Å². The van der Waals surface area contributed by atoms with Crippen molar-refractivity contribution < 1.29 is 23.7 Å². The van der Waals surface area contributed by atoms with Gasteiger partial charge in [-0.1, -0.05) is 66.2 Å². The van der Waals surface area contributed by atoms with Crippen molar-refractivity contribution in [3.05, 3.63) is 144 Å². The number of rotatable bonds is 38. The lowest BCUT2D eigenvalue weighted by molar-refractivity contribution is 0.183. The van der Waals surface area contributed by atoms with Gasteiger partial charge in [-0.05, 0) is 272 Å². The van der Waals surface area contributed by atoms with E-state index in [0.29, 0.717) is 18.7 Å². The third kappa shape index (κ3) is 27.0. The fourth-order valence-electron chi connectivity index (χ4n) is 13.2. The van der Waals surface area contributed by atoms with E-state index in [1.54, 1.807) is 7.11 Å². The average Bonchev–Trinajstić information content (AvgIpc) is 1.68. The van der Waals surface area contributed by atoms with Crippen LogP contribution in [0, 0.1) is 0 Å². The highest BCUT2D eigenvalue weighted by Crippen LogP contribution is 2.38. The van der Waals surface area contributed by atoms with E-state index in [4.69, 9.17) is 39.0 Å². The summed E-state index contributed by atoms with van der Waals surface area (Å²) in [6.45, 7) is 38.0. The Bertz CT molecular complexity index is 3600. The highest BCUT2D eigenvalue weighted by molar-refractivity contribution is 5.67. The van der Waals surface area contributed by atoms with Crippen molar-refractivity contribution >= 4 is 0 Å². The van der Waals surface area contributed by atoms with Crippen molar-refractivity contribution in [2.75, 3.05) is 68.1 Å². The van der Waals surface area contributed by atoms with Crippen molar-refractivity contribution in [2.24, 2.45) is 0 Å². The van der Waals surface area contributed by atoms with E-state index in [1.165, 1.54) is 147 Å². The second-order valence-electron chi connectivity index (χ2n) is 29.7. The van der Waals surface area contributed by atoms with E-state index in [1.807, 2.05) is 62.8 Å². The third-order valence-corrected chi connectivity index (χ3v) is 18.7. The molecule has 566 valence electrons. The molecule has 17 nitrogen and oxygen atoms in total. The molecule has 8 aromatic rings. The van der Waals surface area contributed by atoms with Gasteiger partial charge in [-0.3, -0.25) is 18.7 Å². The third-order valence-electron chi connectivity index (χ3n) is 18.7. The Kier molecular flexibility index (Phi) is 35.3. The molecule has 0 radical (unpaired) electrons. The molecule has 0 spiro atoms. The molecule has 0 N–H and O–H groups in total. The minimum absolute atomic E-state index is 0.178. The molecule has 4 aromatic carbocycles. The number of hydrogen-bond donors (Lipinski definition) is 0. The van der Waals surface area contributed by atoms with Crippen LogP contribution in [0.1, 0.15) is 221 Å². The molecule has 0 atom stereocenters. The van der Waals surface area contributed by atoms with Gasteiger partial charge in [0, 0.05) is 96.7 Å². The first-order chi connectivity index (χ1) is 49.7. The minimum atomic E-state index is 0.178. The van der Waals surface area contributed by atoms with E-state index < -0.39 is 0 Å². The molecule has 4 heterocycles. The molecule has 0 aliphatic heterocycles. The van der Waals surface area contributed by atoms with Crippen LogP contribution in [-0.4, -0.2) is 151 Å². The van der Waals surface area contributed by atoms with Crippen molar-refractivity contribution in [3.8, 4) is 68.0 Å². The van der Waals surface area contributed by atoms with E-state index in [9.17, 15) is 0 Å². The number of methoxy groups -OCH3 is 1. The largest absolute Gasteiger partial charge is 0.491 e. The van der Waals surface area contributed by atoms with Gasteiger partial charge < -0.3 is 43.3 Å². The van der Waals surface area contributed by atoms with Crippen molar-refractivity contribution in [1.82, 2.24) is 58.7 Å². The standard InChI is InChI=1S/C23H35N3O.C22H33N3O.C21H33N3O2.C20H31N3O/c1-5-6-15-25(4)17-20-16-24-26(21-9-7-8-10-21)23(20)19-11-13-22(14-12-19)27-18(2)3;1-5-6-14-24(4)15-19-16-25(20-8-7-9-20)23-22(19)18-10-12-21(13-11-18)26-17(2)3;1-6-7-12-23(4)15-19-16-24(13-14-25-5)22-21(19)18-8-10-20(11-9-18)26-17(2)3;1-6-8-13-22(5)15-18-14-21-23(7-2)20(18)17-9-11-19(12-10-17)24-16(3)4/h11-14,16,18,21H,5-10,15,17H2,1-4H3;10-13,16-17,20H,5-9,14-15H2,1-4H3;8-11,16-17H,6-7,12-15H2,1-5H3;9-12,14,16H,6-8,13,15H2,1-5H3. The second-order valence-corrected chi connectivity index (χ2v) is 29.7. The molecular formula is C86H132N12O5. The molecule has 0 saturated heterocycles. The molecule has 10 rings (SSSR count). The highest BCUT2D eigenvalue weighted by atomic mass is 16.5. The fourth-order valence-corrected chi connectivity index (χ4v) is 13.2. The van der Waals surface area contributed by atoms with Crippen LogP contribution in [0.25, 0.3) is 45.0 Å². The number of benzene rings is 4. The Morgan fingerprint density at radius 3 is 1.16 bits per heavy atom. The zero-order valence-corrected chi connectivity index (χ0v) is 66.8. The number of aryl methyl sites for hydroxylation is 1. The maximum absolute atomic E-state index is 5.83. The van der Waals surface area contributed by atoms with Gasteiger partial charge in [0.15, 0.2) is 0 Å². The number of hydrogen-bond acceptors (Lipinski definition) is 13. The zero-order valence-electron chi connectivity index (χ0n) is 66.8. The summed E-state index contributed by atoms with van der Waals surface area (Å²) in [6.07, 6.45) is 28.1. The van der Waals surface area contributed by atoms with Crippen molar-refractivity contribution in [2.45, 2.75) is 262 Å². The molecule has 2 fully saturated rings. The minimum Gasteiger partial charge on any atom is -0.491 e. The smallest absolute Gasteiger partial charge is 0.119 e. The normalized spacial score (nSPS) is 13.3. The van der Waals surface area contributed by atoms with Gasteiger partial charge in [-0.25, -0.2) is 0 Å². The lowest BCUT2D eigenvalue weighted by atomic mass is 9.93. The van der Waals surface area contributed by atoms with E-state index in [-0.39, 0.29) is 24.4 Å². The maximum atomic E-state index is 5.83. The average molecular weight is 1410 g/mol. The summed E-state index contributed by atoms with van der Waals surface area (Å²) in [4.78, 5) is 9.56. The number of aromatic nitrogens is 8. The van der Waals surface area contributed by atoms with Gasteiger partial charge in [0.25, 0.3) is 0 Å². The molecule has 103 heavy (non-hydrogen) atoms. The lowest BCUT2D eigenvalue weighted by Crippen LogP contribution is -2.19. The van der Waals surface area contributed by atoms with E-state index >= 15 is 0 Å². The Hall–Kier alpha value is -7.28. The van der Waals surface area contributed by atoms with Crippen molar-refractivity contribution in [3.63, 3.8) is 0 Å². The van der Waals surface area contributed by atoms with Crippen LogP contribution in [-0.2, 0) is 44.0 Å². The highest BCUT2D eigenvalue weighted by Gasteiger charge is 2.26. The molecule has 2 aliphatic rings. The molecule has 0 amide bonds. The van der Waals surface area contributed by atoms with Crippen LogP contribution in [0.3, 0.4) is 0 Å². The van der Waals surface area contributed by atoms with Crippen LogP contribution < -0.4 is 18.9 Å². The number of nitrogens with zero attached hydrogens (tertiary/aromatic N) is 12. The van der Waals surface area contributed by atoms with Gasteiger partial charge in [0.2, 0.25) is 0 Å². The van der Waals surface area contributed by atoms with Crippen LogP contribution in [0.2, 0.25) is 0 Å². The molecule has 4 aromatic heterocycles. The Labute approximate surface area is 621 Å². The van der Waals surface area contributed by atoms with Gasteiger partial charge in [-0.15, -0.1) is 0 Å². The van der Waals surface area contributed by atoms with Crippen LogP contribution in [0.4, 0.5) is 0 Å². The van der Waals surface area contributed by atoms with Crippen LogP contribution >= 0.6 is 0 Å². The summed E-state index contributed by atoms with van der Waals surface area (Å²) >= 11 is 0. The summed E-state index contributed by atoms with van der Waals surface area (Å²) in [5, 5.41) is 19.2. The predicted octanol–water partition coefficient (Wildman–Crippen LogP) is 19.8. The Morgan fingerprint density at radius 2 is 0.777 bits per heavy atom. The van der Waals surface area contributed by atoms with Crippen LogP contribution in [0.5, 0.6) is 23.0 Å². The van der Waals surface area contributed by atoms with Gasteiger partial charge in [0.05, 0.1) is 84.8 Å². The summed E-state index contributed by atoms with van der Waals surface area (Å²) < 4.78 is 36.9. The maximum Gasteiger partial charge on any atom is 0.119 e. The molecule has 2 aliphatic carbocycles.